The van der Waals surface area contributed by atoms with Crippen molar-refractivity contribution < 1.29 is 33.3 Å². The topological polar surface area (TPSA) is 127 Å². The molecule has 4 aromatic rings. The van der Waals surface area contributed by atoms with Crippen molar-refractivity contribution in [2.75, 3.05) is 32.7 Å². The normalized spacial score (nSPS) is 18.0. The largest absolute Gasteiger partial charge is 0.496 e. The molecule has 2 atom stereocenters. The summed E-state index contributed by atoms with van der Waals surface area (Å²) in [6.07, 6.45) is 3.66. The summed E-state index contributed by atoms with van der Waals surface area (Å²) in [4.78, 5) is 32.9. The molecule has 3 N–H and O–H groups in total. The highest BCUT2D eigenvalue weighted by Crippen LogP contribution is 2.46. The van der Waals surface area contributed by atoms with Crippen LogP contribution in [0.15, 0.2) is 42.5 Å². The number of hydrogen-bond donors (Lipinski definition) is 3. The van der Waals surface area contributed by atoms with Crippen LogP contribution < -0.4 is 20.1 Å². The molecular formula is C40H44Cl2FN5O6. The van der Waals surface area contributed by atoms with Gasteiger partial charge in [-0.2, -0.15) is 0 Å². The first kappa shape index (κ1) is 38.1. The molecular weight excluding hydrogens is 736 g/mol. The number of halogens is 3. The van der Waals surface area contributed by atoms with E-state index in [-0.39, 0.29) is 53.2 Å². The molecule has 2 aliphatic carbocycles. The summed E-state index contributed by atoms with van der Waals surface area (Å²) in [7, 11) is 4.63. The van der Waals surface area contributed by atoms with Crippen LogP contribution in [0.1, 0.15) is 77.4 Å². The number of amides is 1. The minimum atomic E-state index is -0.852. The number of carbonyl (C=O) groups is 2. The summed E-state index contributed by atoms with van der Waals surface area (Å²) >= 11 is 13.6. The summed E-state index contributed by atoms with van der Waals surface area (Å²) in [5, 5.41) is 16.0. The highest BCUT2D eigenvalue weighted by molar-refractivity contribution is 6.36. The summed E-state index contributed by atoms with van der Waals surface area (Å²) < 4.78 is 34.6. The zero-order chi connectivity index (χ0) is 38.3. The number of methoxy groups -OCH3 is 2. The molecule has 0 spiro atoms. The van der Waals surface area contributed by atoms with Gasteiger partial charge in [-0.1, -0.05) is 53.5 Å². The van der Waals surface area contributed by atoms with E-state index >= 15 is 4.39 Å². The molecule has 54 heavy (non-hydrogen) atoms. The van der Waals surface area contributed by atoms with Crippen LogP contribution in [0, 0.1) is 5.82 Å². The molecule has 14 heteroatoms. The van der Waals surface area contributed by atoms with Gasteiger partial charge < -0.3 is 29.2 Å². The van der Waals surface area contributed by atoms with Gasteiger partial charge in [0.1, 0.15) is 28.2 Å². The Morgan fingerprint density at radius 3 is 2.56 bits per heavy atom. The number of nitrogens with zero attached hydrogens (tertiary/aromatic N) is 3. The predicted octanol–water partition coefficient (Wildman–Crippen LogP) is 6.78. The van der Waals surface area contributed by atoms with Crippen LogP contribution in [-0.2, 0) is 42.5 Å². The monoisotopic (exact) mass is 779 g/mol. The first-order chi connectivity index (χ1) is 26.0. The smallest absolute Gasteiger partial charge is 0.326 e. The molecule has 0 bridgehead atoms. The van der Waals surface area contributed by atoms with Crippen molar-refractivity contribution in [2.24, 2.45) is 7.05 Å². The zero-order valence-electron chi connectivity index (χ0n) is 30.7. The highest BCUT2D eigenvalue weighted by atomic mass is 35.5. The Bertz CT molecular complexity index is 2100. The van der Waals surface area contributed by atoms with Gasteiger partial charge in [0.15, 0.2) is 11.6 Å². The molecule has 7 rings (SSSR count). The van der Waals surface area contributed by atoms with Crippen molar-refractivity contribution in [3.8, 4) is 22.6 Å². The molecule has 11 nitrogen and oxygen atoms in total. The predicted molar refractivity (Wildman–Crippen MR) is 204 cm³/mol. The molecule has 2 unspecified atom stereocenters. The van der Waals surface area contributed by atoms with Crippen molar-refractivity contribution in [3.05, 3.63) is 92.2 Å². The molecule has 0 saturated heterocycles. The molecule has 1 amide bonds. The summed E-state index contributed by atoms with van der Waals surface area (Å²) in [5.74, 6) is -0.730. The Labute approximate surface area is 323 Å². The number of esters is 1. The van der Waals surface area contributed by atoms with Crippen LogP contribution in [0.3, 0.4) is 0 Å². The first-order valence-corrected chi connectivity index (χ1v) is 18.9. The van der Waals surface area contributed by atoms with E-state index in [0.717, 1.165) is 53.0 Å². The number of aliphatic hydroxyl groups is 1. The third-order valence-corrected chi connectivity index (χ3v) is 12.0. The number of carbonyl (C=O) groups excluding carboxylic acids is 2. The van der Waals surface area contributed by atoms with Crippen LogP contribution in [0.4, 0.5) is 10.1 Å². The number of aromatic nitrogens is 2. The van der Waals surface area contributed by atoms with E-state index in [4.69, 9.17) is 37.4 Å². The number of aliphatic hydroxyl groups excluding tert-OH is 1. The number of nitrogens with one attached hydrogen (secondary N) is 2. The Balaban J connectivity index is 1.10. The van der Waals surface area contributed by atoms with E-state index in [1.807, 2.05) is 48.9 Å². The van der Waals surface area contributed by atoms with E-state index in [9.17, 15) is 14.7 Å². The average Bonchev–Trinajstić information content (AvgIpc) is 3.73. The van der Waals surface area contributed by atoms with Crippen molar-refractivity contribution in [2.45, 2.75) is 76.2 Å². The Morgan fingerprint density at radius 2 is 1.85 bits per heavy atom. The minimum Gasteiger partial charge on any atom is -0.496 e. The quantitative estimate of drug-likeness (QED) is 0.133. The lowest BCUT2D eigenvalue weighted by atomic mass is 9.76. The number of anilines is 1. The fraction of sp³-hybridized carbons (Fsp3) is 0.425. The Kier molecular flexibility index (Phi) is 10.9. The van der Waals surface area contributed by atoms with Gasteiger partial charge in [-0.05, 0) is 61.8 Å². The van der Waals surface area contributed by atoms with E-state index in [2.05, 4.69) is 20.5 Å². The van der Waals surface area contributed by atoms with Gasteiger partial charge in [-0.25, -0.2) is 9.37 Å². The van der Waals surface area contributed by atoms with Crippen molar-refractivity contribution in [3.63, 3.8) is 0 Å². The van der Waals surface area contributed by atoms with Crippen LogP contribution in [-0.4, -0.2) is 70.4 Å². The second-order valence-electron chi connectivity index (χ2n) is 14.2. The van der Waals surface area contributed by atoms with Crippen LogP contribution >= 0.6 is 23.2 Å². The molecule has 3 aliphatic rings. The molecule has 1 fully saturated rings. The van der Waals surface area contributed by atoms with Crippen molar-refractivity contribution in [1.29, 1.82) is 0 Å². The number of imidazole rings is 1. The summed E-state index contributed by atoms with van der Waals surface area (Å²) in [5.41, 5.74) is 5.24. The van der Waals surface area contributed by atoms with Gasteiger partial charge in [0.2, 0.25) is 0 Å². The van der Waals surface area contributed by atoms with Crippen LogP contribution in [0.2, 0.25) is 10.0 Å². The van der Waals surface area contributed by atoms with E-state index < -0.39 is 17.5 Å². The van der Waals surface area contributed by atoms with Gasteiger partial charge in [0, 0.05) is 62.0 Å². The molecule has 286 valence electrons. The van der Waals surface area contributed by atoms with Gasteiger partial charge in [0.05, 0.1) is 37.2 Å². The fourth-order valence-electron chi connectivity index (χ4n) is 7.89. The second kappa shape index (κ2) is 15.5. The van der Waals surface area contributed by atoms with Crippen molar-refractivity contribution >= 4 is 40.8 Å². The molecule has 0 radical (unpaired) electrons. The molecule has 2 heterocycles. The number of hydrogen-bond acceptors (Lipinski definition) is 9. The van der Waals surface area contributed by atoms with Crippen LogP contribution in [0.25, 0.3) is 11.1 Å². The highest BCUT2D eigenvalue weighted by Gasteiger charge is 2.45. The Morgan fingerprint density at radius 1 is 1.09 bits per heavy atom. The minimum absolute atomic E-state index is 0.00447. The van der Waals surface area contributed by atoms with Crippen molar-refractivity contribution in [1.82, 2.24) is 19.8 Å². The summed E-state index contributed by atoms with van der Waals surface area (Å²) in [6.45, 7) is 3.39. The van der Waals surface area contributed by atoms with E-state index in [1.54, 1.807) is 12.1 Å². The first-order valence-electron chi connectivity index (χ1n) is 18.2. The SMILES string of the molecule is COC(=O)C1(NCc2c(OC)cc(OC3CCc4c(-c5cccc(NC(=O)c6nc7c(n6C)CCN(C(C)CO)C7)c5Cl)cccc43)c(Cl)c2F)CCC1. The Hall–Kier alpha value is -4.20. The van der Waals surface area contributed by atoms with Gasteiger partial charge in [-0.15, -0.1) is 0 Å². The van der Waals surface area contributed by atoms with Gasteiger partial charge in [0.25, 0.3) is 5.91 Å². The van der Waals surface area contributed by atoms with Gasteiger partial charge in [-0.3, -0.25) is 19.8 Å². The third-order valence-electron chi connectivity index (χ3n) is 11.2. The zero-order valence-corrected chi connectivity index (χ0v) is 32.2. The number of benzene rings is 3. The fourth-order valence-corrected chi connectivity index (χ4v) is 8.38. The summed E-state index contributed by atoms with van der Waals surface area (Å²) in [6, 6.07) is 13.0. The lowest BCUT2D eigenvalue weighted by Crippen LogP contribution is -2.57. The average molecular weight is 781 g/mol. The maximum absolute atomic E-state index is 15.9. The molecule has 1 saturated carbocycles. The lowest BCUT2D eigenvalue weighted by molar-refractivity contribution is -0.152. The number of rotatable bonds is 12. The van der Waals surface area contributed by atoms with Gasteiger partial charge >= 0.3 is 5.97 Å². The molecule has 3 aromatic carbocycles. The van der Waals surface area contributed by atoms with E-state index in [1.165, 1.54) is 14.2 Å². The lowest BCUT2D eigenvalue weighted by Gasteiger charge is -2.39. The maximum Gasteiger partial charge on any atom is 0.326 e. The van der Waals surface area contributed by atoms with Crippen LogP contribution in [0.5, 0.6) is 11.5 Å². The standard InChI is InChI=1S/C40H44Cl2FN5O6/c1-22(21-49)48-17-14-30-29(20-48)45-37(47(30)2)38(50)46-28-11-6-10-26(34(28)41)23-8-5-9-25-24(23)12-13-31(25)54-33-18-32(52-3)27(36(43)35(33)42)19-44-40(15-7-16-40)39(51)53-4/h5-6,8-11,18,22,31,44,49H,7,12-17,19-21H2,1-4H3,(H,46,50). The second-order valence-corrected chi connectivity index (χ2v) is 15.0. The molecule has 1 aromatic heterocycles. The van der Waals surface area contributed by atoms with E-state index in [0.29, 0.717) is 48.8 Å². The maximum atomic E-state index is 15.9. The molecule has 1 aliphatic heterocycles. The third kappa shape index (κ3) is 6.83. The number of ether oxygens (including phenoxy) is 3. The number of fused-ring (bicyclic) bond motifs is 2.